The van der Waals surface area contributed by atoms with Gasteiger partial charge in [0.1, 0.15) is 17.0 Å². The first-order chi connectivity index (χ1) is 13.4. The minimum atomic E-state index is 0.155. The van der Waals surface area contributed by atoms with Crippen LogP contribution in [-0.4, -0.2) is 21.4 Å². The Hall–Kier alpha value is -2.64. The van der Waals surface area contributed by atoms with E-state index in [1.165, 1.54) is 0 Å². The normalized spacial score (nSPS) is 11.5. The van der Waals surface area contributed by atoms with Crippen molar-refractivity contribution in [3.8, 4) is 23.0 Å². The van der Waals surface area contributed by atoms with Crippen LogP contribution in [-0.2, 0) is 0 Å². The van der Waals surface area contributed by atoms with Crippen LogP contribution < -0.4 is 0 Å². The number of halogens is 2. The zero-order valence-electron chi connectivity index (χ0n) is 14.6. The van der Waals surface area contributed by atoms with Crippen molar-refractivity contribution in [1.82, 2.24) is 4.98 Å². The molecule has 0 atom stereocenters. The molecule has 140 valence electrons. The van der Waals surface area contributed by atoms with Crippen LogP contribution >= 0.6 is 31.9 Å². The van der Waals surface area contributed by atoms with Gasteiger partial charge in [0, 0.05) is 21.8 Å². The second-order valence-corrected chi connectivity index (χ2v) is 8.03. The van der Waals surface area contributed by atoms with Gasteiger partial charge in [0.15, 0.2) is 5.58 Å². The number of aryl methyl sites for hydroxylation is 1. The fourth-order valence-electron chi connectivity index (χ4n) is 2.76. The first kappa shape index (κ1) is 18.7. The van der Waals surface area contributed by atoms with Gasteiger partial charge in [-0.15, -0.1) is 0 Å². The number of aromatic hydroxyl groups is 2. The molecule has 28 heavy (non-hydrogen) atoms. The highest BCUT2D eigenvalue weighted by atomic mass is 79.9. The third-order valence-corrected chi connectivity index (χ3v) is 5.31. The SMILES string of the molecule is Cc1cc(Br)cc(C=Nc2ccc3oc(-c4ccc(O)c(Br)c4)nc3c2)c1O. The Morgan fingerprint density at radius 3 is 2.64 bits per heavy atom. The summed E-state index contributed by atoms with van der Waals surface area (Å²) in [6.07, 6.45) is 1.62. The Bertz CT molecular complexity index is 1230. The molecule has 7 heteroatoms. The van der Waals surface area contributed by atoms with Gasteiger partial charge in [0.2, 0.25) is 5.89 Å². The van der Waals surface area contributed by atoms with Crippen molar-refractivity contribution in [2.75, 3.05) is 0 Å². The van der Waals surface area contributed by atoms with Gasteiger partial charge in [-0.2, -0.15) is 0 Å². The summed E-state index contributed by atoms with van der Waals surface area (Å²) >= 11 is 6.72. The average Bonchev–Trinajstić information content (AvgIpc) is 3.09. The van der Waals surface area contributed by atoms with Crippen molar-refractivity contribution in [1.29, 1.82) is 0 Å². The lowest BCUT2D eigenvalue weighted by Gasteiger charge is -2.03. The van der Waals surface area contributed by atoms with Crippen molar-refractivity contribution in [2.45, 2.75) is 6.92 Å². The number of fused-ring (bicyclic) bond motifs is 1. The van der Waals surface area contributed by atoms with Crippen molar-refractivity contribution < 1.29 is 14.6 Å². The predicted molar refractivity (Wildman–Crippen MR) is 117 cm³/mol. The molecular weight excluding hydrogens is 488 g/mol. The molecule has 4 rings (SSSR count). The molecular formula is C21H14Br2N2O3. The smallest absolute Gasteiger partial charge is 0.227 e. The summed E-state index contributed by atoms with van der Waals surface area (Å²) in [6.45, 7) is 1.84. The molecule has 0 aliphatic rings. The quantitative estimate of drug-likeness (QED) is 0.314. The zero-order valence-corrected chi connectivity index (χ0v) is 17.8. The van der Waals surface area contributed by atoms with E-state index in [1.54, 1.807) is 36.5 Å². The van der Waals surface area contributed by atoms with Crippen LogP contribution in [0.3, 0.4) is 0 Å². The fraction of sp³-hybridized carbons (Fsp3) is 0.0476. The van der Waals surface area contributed by atoms with Gasteiger partial charge in [-0.1, -0.05) is 15.9 Å². The Morgan fingerprint density at radius 2 is 1.86 bits per heavy atom. The van der Waals surface area contributed by atoms with Gasteiger partial charge < -0.3 is 14.6 Å². The minimum Gasteiger partial charge on any atom is -0.507 e. The summed E-state index contributed by atoms with van der Waals surface area (Å²) in [5, 5.41) is 19.8. The number of nitrogens with zero attached hydrogens (tertiary/aromatic N) is 2. The number of oxazole rings is 1. The van der Waals surface area contributed by atoms with E-state index >= 15 is 0 Å². The third kappa shape index (κ3) is 3.68. The van der Waals surface area contributed by atoms with Gasteiger partial charge in [-0.25, -0.2) is 4.98 Å². The zero-order chi connectivity index (χ0) is 19.8. The Balaban J connectivity index is 1.68. The molecule has 0 saturated carbocycles. The molecule has 0 spiro atoms. The van der Waals surface area contributed by atoms with Crippen LogP contribution in [0.4, 0.5) is 5.69 Å². The molecule has 3 aromatic carbocycles. The maximum atomic E-state index is 10.2. The molecule has 4 aromatic rings. The van der Waals surface area contributed by atoms with E-state index < -0.39 is 0 Å². The maximum absolute atomic E-state index is 10.2. The number of aliphatic imine (C=N–C) groups is 1. The molecule has 0 radical (unpaired) electrons. The lowest BCUT2D eigenvalue weighted by Crippen LogP contribution is -1.86. The van der Waals surface area contributed by atoms with E-state index in [1.807, 2.05) is 25.1 Å². The van der Waals surface area contributed by atoms with Crippen molar-refractivity contribution in [3.63, 3.8) is 0 Å². The van der Waals surface area contributed by atoms with Crippen molar-refractivity contribution in [2.24, 2.45) is 4.99 Å². The predicted octanol–water partition coefficient (Wildman–Crippen LogP) is 6.49. The number of hydrogen-bond donors (Lipinski definition) is 2. The Labute approximate surface area is 177 Å². The van der Waals surface area contributed by atoms with Gasteiger partial charge in [-0.05, 0) is 76.9 Å². The van der Waals surface area contributed by atoms with E-state index in [2.05, 4.69) is 41.8 Å². The molecule has 2 N–H and O–H groups in total. The number of benzene rings is 3. The molecule has 5 nitrogen and oxygen atoms in total. The van der Waals surface area contributed by atoms with Crippen LogP contribution in [0.15, 0.2) is 66.9 Å². The monoisotopic (exact) mass is 500 g/mol. The number of aromatic nitrogens is 1. The molecule has 0 amide bonds. The summed E-state index contributed by atoms with van der Waals surface area (Å²) in [4.78, 5) is 8.96. The van der Waals surface area contributed by atoms with Crippen molar-refractivity contribution >= 4 is 54.9 Å². The van der Waals surface area contributed by atoms with Crippen LogP contribution in [0.25, 0.3) is 22.6 Å². The van der Waals surface area contributed by atoms with Crippen LogP contribution in [0.2, 0.25) is 0 Å². The van der Waals surface area contributed by atoms with Crippen molar-refractivity contribution in [3.05, 3.63) is 68.6 Å². The van der Waals surface area contributed by atoms with Crippen LogP contribution in [0.1, 0.15) is 11.1 Å². The van der Waals surface area contributed by atoms with E-state index in [-0.39, 0.29) is 11.5 Å². The second-order valence-electron chi connectivity index (χ2n) is 6.26. The van der Waals surface area contributed by atoms with E-state index in [9.17, 15) is 10.2 Å². The summed E-state index contributed by atoms with van der Waals surface area (Å²) in [6, 6.07) is 14.2. The molecule has 0 aliphatic carbocycles. The number of rotatable bonds is 3. The summed E-state index contributed by atoms with van der Waals surface area (Å²) in [5.74, 6) is 0.814. The lowest BCUT2D eigenvalue weighted by molar-refractivity contribution is 0.470. The topological polar surface area (TPSA) is 78.9 Å². The second kappa shape index (κ2) is 7.41. The fourth-order valence-corrected chi connectivity index (χ4v) is 3.73. The Kier molecular flexibility index (Phi) is 4.95. The molecule has 0 bridgehead atoms. The van der Waals surface area contributed by atoms with Crippen LogP contribution in [0, 0.1) is 6.92 Å². The molecule has 1 aromatic heterocycles. The summed E-state index contributed by atoms with van der Waals surface area (Å²) in [7, 11) is 0. The lowest BCUT2D eigenvalue weighted by atomic mass is 10.1. The highest BCUT2D eigenvalue weighted by Crippen LogP contribution is 2.32. The minimum absolute atomic E-state index is 0.155. The standard InChI is InChI=1S/C21H14Br2N2O3/c1-11-6-14(22)7-13(20(11)27)10-24-15-3-5-19-17(9-15)25-21(28-19)12-2-4-18(26)16(23)8-12/h2-10,26-27H,1H3. The van der Waals surface area contributed by atoms with Gasteiger partial charge >= 0.3 is 0 Å². The number of phenols is 2. The summed E-state index contributed by atoms with van der Waals surface area (Å²) < 4.78 is 7.25. The summed E-state index contributed by atoms with van der Waals surface area (Å²) in [5.41, 5.74) is 4.15. The van der Waals surface area contributed by atoms with E-state index in [0.717, 1.165) is 15.6 Å². The molecule has 0 aliphatic heterocycles. The maximum Gasteiger partial charge on any atom is 0.227 e. The molecule has 0 unspecified atom stereocenters. The average molecular weight is 502 g/mol. The highest BCUT2D eigenvalue weighted by molar-refractivity contribution is 9.10. The number of phenolic OH excluding ortho intramolecular Hbond substituents is 2. The highest BCUT2D eigenvalue weighted by Gasteiger charge is 2.11. The molecule has 1 heterocycles. The molecule has 0 saturated heterocycles. The van der Waals surface area contributed by atoms with Crippen LogP contribution in [0.5, 0.6) is 11.5 Å². The van der Waals surface area contributed by atoms with E-state index in [4.69, 9.17) is 4.42 Å². The Morgan fingerprint density at radius 1 is 1.04 bits per heavy atom. The largest absolute Gasteiger partial charge is 0.507 e. The van der Waals surface area contributed by atoms with Gasteiger partial charge in [-0.3, -0.25) is 4.99 Å². The van der Waals surface area contributed by atoms with Gasteiger partial charge in [0.05, 0.1) is 10.2 Å². The van der Waals surface area contributed by atoms with E-state index in [0.29, 0.717) is 32.7 Å². The first-order valence-electron chi connectivity index (χ1n) is 8.33. The molecule has 0 fully saturated rings. The first-order valence-corrected chi connectivity index (χ1v) is 9.92. The van der Waals surface area contributed by atoms with Gasteiger partial charge in [0.25, 0.3) is 0 Å². The number of hydrogen-bond acceptors (Lipinski definition) is 5. The third-order valence-electron chi connectivity index (χ3n) is 4.21.